The van der Waals surface area contributed by atoms with Gasteiger partial charge in [-0.1, -0.05) is 55.8 Å². The minimum atomic E-state index is -0.348. The minimum Gasteiger partial charge on any atom is -0.492 e. The van der Waals surface area contributed by atoms with Gasteiger partial charge in [0.1, 0.15) is 18.8 Å². The Morgan fingerprint density at radius 1 is 1.12 bits per heavy atom. The van der Waals surface area contributed by atoms with Crippen molar-refractivity contribution in [2.45, 2.75) is 40.7 Å². The summed E-state index contributed by atoms with van der Waals surface area (Å²) in [6, 6.07) is 14.9. The molecule has 0 aliphatic rings. The smallest absolute Gasteiger partial charge is 0.251 e. The van der Waals surface area contributed by atoms with Gasteiger partial charge < -0.3 is 10.1 Å². The Hall–Kier alpha value is -3.75. The zero-order valence-corrected chi connectivity index (χ0v) is 20.2. The van der Waals surface area contributed by atoms with Gasteiger partial charge in [-0.2, -0.15) is 4.80 Å². The van der Waals surface area contributed by atoms with E-state index in [1.54, 1.807) is 18.2 Å². The first-order valence-electron chi connectivity index (χ1n) is 11.5. The Morgan fingerprint density at radius 3 is 2.56 bits per heavy atom. The van der Waals surface area contributed by atoms with Crippen LogP contribution in [0.2, 0.25) is 0 Å². The number of rotatable bonds is 11. The van der Waals surface area contributed by atoms with Crippen molar-refractivity contribution in [2.75, 3.05) is 24.6 Å². The molecular formula is C25H32N6O3. The summed E-state index contributed by atoms with van der Waals surface area (Å²) in [5.41, 5.74) is 2.46. The topological polar surface area (TPSA) is 102 Å². The summed E-state index contributed by atoms with van der Waals surface area (Å²) in [5, 5.41) is 15.3. The zero-order chi connectivity index (χ0) is 24.5. The van der Waals surface area contributed by atoms with Crippen LogP contribution in [-0.4, -0.2) is 51.7 Å². The highest BCUT2D eigenvalue weighted by Gasteiger charge is 2.23. The van der Waals surface area contributed by atoms with Gasteiger partial charge in [0.2, 0.25) is 11.7 Å². The fourth-order valence-corrected chi connectivity index (χ4v) is 3.30. The molecule has 0 fully saturated rings. The van der Waals surface area contributed by atoms with Crippen LogP contribution in [0.3, 0.4) is 0 Å². The van der Waals surface area contributed by atoms with Crippen LogP contribution in [0, 0.1) is 12.8 Å². The van der Waals surface area contributed by atoms with Crippen molar-refractivity contribution in [3.8, 4) is 17.1 Å². The average molecular weight is 465 g/mol. The highest BCUT2D eigenvalue weighted by Crippen LogP contribution is 2.28. The molecule has 1 heterocycles. The summed E-state index contributed by atoms with van der Waals surface area (Å²) in [4.78, 5) is 28.6. The molecule has 0 bridgehead atoms. The van der Waals surface area contributed by atoms with Crippen molar-refractivity contribution in [3.63, 3.8) is 0 Å². The van der Waals surface area contributed by atoms with Crippen molar-refractivity contribution in [1.29, 1.82) is 0 Å². The Labute approximate surface area is 200 Å². The lowest BCUT2D eigenvalue weighted by Crippen LogP contribution is -2.43. The number of aromatic nitrogens is 4. The van der Waals surface area contributed by atoms with E-state index in [0.29, 0.717) is 36.3 Å². The highest BCUT2D eigenvalue weighted by molar-refractivity contribution is 5.99. The van der Waals surface area contributed by atoms with Crippen LogP contribution < -0.4 is 15.0 Å². The predicted octanol–water partition coefficient (Wildman–Crippen LogP) is 3.24. The fourth-order valence-electron chi connectivity index (χ4n) is 3.30. The number of hydrogen-bond acceptors (Lipinski definition) is 6. The number of tetrazole rings is 1. The average Bonchev–Trinajstić information content (AvgIpc) is 3.27. The summed E-state index contributed by atoms with van der Waals surface area (Å²) < 4.78 is 5.71. The number of anilines is 1. The molecule has 2 aromatic carbocycles. The van der Waals surface area contributed by atoms with E-state index in [1.165, 1.54) is 9.70 Å². The second-order valence-electron chi connectivity index (χ2n) is 8.42. The standard InChI is InChI=1S/C25H32N6O3/c1-5-34-22-9-7-6-8-21(22)30(16-23(32)26-15-14-18(2)3)24(33)17-31-28-25(27-29-31)20-12-10-19(4)11-13-20/h6-13,18H,5,14-17H2,1-4H3,(H,26,32). The molecule has 0 saturated heterocycles. The molecule has 180 valence electrons. The third kappa shape index (κ3) is 6.87. The second-order valence-corrected chi connectivity index (χ2v) is 8.42. The van der Waals surface area contributed by atoms with Gasteiger partial charge in [0, 0.05) is 12.1 Å². The molecule has 1 N–H and O–H groups in total. The van der Waals surface area contributed by atoms with Crippen molar-refractivity contribution in [1.82, 2.24) is 25.5 Å². The quantitative estimate of drug-likeness (QED) is 0.467. The maximum Gasteiger partial charge on any atom is 0.251 e. The van der Waals surface area contributed by atoms with Crippen molar-refractivity contribution >= 4 is 17.5 Å². The summed E-state index contributed by atoms with van der Waals surface area (Å²) in [7, 11) is 0. The molecule has 0 radical (unpaired) electrons. The van der Waals surface area contributed by atoms with Gasteiger partial charge in [-0.3, -0.25) is 14.5 Å². The first-order chi connectivity index (χ1) is 16.4. The Kier molecular flexibility index (Phi) is 8.73. The Morgan fingerprint density at radius 2 is 1.85 bits per heavy atom. The number of carbonyl (C=O) groups is 2. The van der Waals surface area contributed by atoms with E-state index in [1.807, 2.05) is 44.2 Å². The molecular weight excluding hydrogens is 432 g/mol. The molecule has 0 unspecified atom stereocenters. The predicted molar refractivity (Wildman–Crippen MR) is 130 cm³/mol. The third-order valence-electron chi connectivity index (χ3n) is 5.14. The third-order valence-corrected chi connectivity index (χ3v) is 5.14. The summed E-state index contributed by atoms with van der Waals surface area (Å²) in [6.07, 6.45) is 0.861. The van der Waals surface area contributed by atoms with Crippen LogP contribution in [0.4, 0.5) is 5.69 Å². The van der Waals surface area contributed by atoms with Crippen LogP contribution in [0.1, 0.15) is 32.8 Å². The number of aryl methyl sites for hydroxylation is 1. The van der Waals surface area contributed by atoms with Crippen molar-refractivity contribution < 1.29 is 14.3 Å². The molecule has 2 amide bonds. The fraction of sp³-hybridized carbons (Fsp3) is 0.400. The minimum absolute atomic E-state index is 0.138. The van der Waals surface area contributed by atoms with Crippen LogP contribution in [0.5, 0.6) is 5.75 Å². The van der Waals surface area contributed by atoms with E-state index in [0.717, 1.165) is 17.5 Å². The molecule has 3 rings (SSSR count). The Bertz CT molecular complexity index is 1090. The number of carbonyl (C=O) groups excluding carboxylic acids is 2. The molecule has 1 aromatic heterocycles. The number of nitrogens with one attached hydrogen (secondary N) is 1. The molecule has 0 saturated carbocycles. The van der Waals surface area contributed by atoms with E-state index in [2.05, 4.69) is 34.6 Å². The van der Waals surface area contributed by atoms with Crippen molar-refractivity contribution in [3.05, 3.63) is 54.1 Å². The molecule has 9 heteroatoms. The van der Waals surface area contributed by atoms with Gasteiger partial charge in [0.25, 0.3) is 5.91 Å². The molecule has 34 heavy (non-hydrogen) atoms. The number of nitrogens with zero attached hydrogens (tertiary/aromatic N) is 5. The largest absolute Gasteiger partial charge is 0.492 e. The van der Waals surface area contributed by atoms with E-state index < -0.39 is 0 Å². The van der Waals surface area contributed by atoms with E-state index in [9.17, 15) is 9.59 Å². The van der Waals surface area contributed by atoms with E-state index in [4.69, 9.17) is 4.74 Å². The molecule has 0 aliphatic carbocycles. The Balaban J connectivity index is 1.79. The number of hydrogen-bond donors (Lipinski definition) is 1. The maximum atomic E-state index is 13.3. The van der Waals surface area contributed by atoms with Crippen LogP contribution >= 0.6 is 0 Å². The highest BCUT2D eigenvalue weighted by atomic mass is 16.5. The number of amides is 2. The number of benzene rings is 2. The first-order valence-corrected chi connectivity index (χ1v) is 11.5. The van der Waals surface area contributed by atoms with E-state index >= 15 is 0 Å². The van der Waals surface area contributed by atoms with Gasteiger partial charge in [0.15, 0.2) is 0 Å². The van der Waals surface area contributed by atoms with Gasteiger partial charge in [-0.15, -0.1) is 10.2 Å². The molecule has 0 atom stereocenters. The van der Waals surface area contributed by atoms with E-state index in [-0.39, 0.29) is 24.9 Å². The van der Waals surface area contributed by atoms with Crippen LogP contribution in [0.15, 0.2) is 48.5 Å². The first kappa shape index (κ1) is 24.9. The van der Waals surface area contributed by atoms with Gasteiger partial charge in [-0.25, -0.2) is 0 Å². The lowest BCUT2D eigenvalue weighted by atomic mass is 10.1. The second kappa shape index (κ2) is 11.9. The van der Waals surface area contributed by atoms with Gasteiger partial charge in [0.05, 0.1) is 12.3 Å². The zero-order valence-electron chi connectivity index (χ0n) is 20.2. The van der Waals surface area contributed by atoms with Crippen LogP contribution in [0.25, 0.3) is 11.4 Å². The lowest BCUT2D eigenvalue weighted by Gasteiger charge is -2.24. The molecule has 0 spiro atoms. The SMILES string of the molecule is CCOc1ccccc1N(CC(=O)NCCC(C)C)C(=O)Cn1nnc(-c2ccc(C)cc2)n1. The number of para-hydroxylation sites is 2. The summed E-state index contributed by atoms with van der Waals surface area (Å²) in [5.74, 6) is 0.838. The number of ether oxygens (including phenoxy) is 1. The van der Waals surface area contributed by atoms with Gasteiger partial charge >= 0.3 is 0 Å². The normalized spacial score (nSPS) is 10.9. The van der Waals surface area contributed by atoms with Crippen LogP contribution in [-0.2, 0) is 16.1 Å². The maximum absolute atomic E-state index is 13.3. The summed E-state index contributed by atoms with van der Waals surface area (Å²) in [6.45, 7) is 8.74. The molecule has 9 nitrogen and oxygen atoms in total. The lowest BCUT2D eigenvalue weighted by molar-refractivity contribution is -0.124. The van der Waals surface area contributed by atoms with Gasteiger partial charge in [-0.05, 0) is 43.5 Å². The molecule has 3 aromatic rings. The summed E-state index contributed by atoms with van der Waals surface area (Å²) >= 11 is 0. The monoisotopic (exact) mass is 464 g/mol. The molecule has 0 aliphatic heterocycles. The van der Waals surface area contributed by atoms with Crippen molar-refractivity contribution in [2.24, 2.45) is 5.92 Å².